The summed E-state index contributed by atoms with van der Waals surface area (Å²) >= 11 is 6.53. The number of benzene rings is 2. The van der Waals surface area contributed by atoms with Gasteiger partial charge < -0.3 is 15.3 Å². The molecule has 45 heavy (non-hydrogen) atoms. The third-order valence-corrected chi connectivity index (χ3v) is 8.01. The minimum atomic E-state index is -2.95. The number of pyridine rings is 1. The van der Waals surface area contributed by atoms with Crippen LogP contribution >= 0.6 is 11.6 Å². The average Bonchev–Trinajstić information content (AvgIpc) is 2.98. The van der Waals surface area contributed by atoms with Gasteiger partial charge >= 0.3 is 6.17 Å². The number of carbonyl (C=O) groups is 2. The summed E-state index contributed by atoms with van der Waals surface area (Å²) in [6, 6.07) is 13.1. The van der Waals surface area contributed by atoms with Gasteiger partial charge in [0.15, 0.2) is 17.1 Å². The molecule has 2 aromatic carbocycles. The lowest BCUT2D eigenvalue weighted by Gasteiger charge is -2.41. The van der Waals surface area contributed by atoms with E-state index in [0.717, 1.165) is 17.1 Å². The molecular weight excluding hydrogens is 615 g/mol. The van der Waals surface area contributed by atoms with Crippen LogP contribution in [-0.2, 0) is 9.59 Å². The van der Waals surface area contributed by atoms with Crippen LogP contribution in [0, 0.1) is 22.1 Å². The highest BCUT2D eigenvalue weighted by Crippen LogP contribution is 2.39. The van der Waals surface area contributed by atoms with Crippen molar-refractivity contribution in [3.63, 3.8) is 0 Å². The Bertz CT molecular complexity index is 1660. The van der Waals surface area contributed by atoms with Gasteiger partial charge in [0.25, 0.3) is 11.8 Å². The predicted molar refractivity (Wildman–Crippen MR) is 156 cm³/mol. The summed E-state index contributed by atoms with van der Waals surface area (Å²) in [4.78, 5) is 48.1. The van der Waals surface area contributed by atoms with Gasteiger partial charge in [-0.1, -0.05) is 40.9 Å². The first-order valence-corrected chi connectivity index (χ1v) is 14.3. The molecule has 234 valence electrons. The molecule has 1 aliphatic heterocycles. The van der Waals surface area contributed by atoms with Crippen LogP contribution in [0.1, 0.15) is 36.9 Å². The Hall–Kier alpha value is -4.74. The largest absolute Gasteiger partial charge is 0.371 e. The molecule has 1 saturated carbocycles. The van der Waals surface area contributed by atoms with Crippen LogP contribution in [0.3, 0.4) is 0 Å². The first-order valence-electron chi connectivity index (χ1n) is 13.9. The zero-order valence-electron chi connectivity index (χ0n) is 23.9. The van der Waals surface area contributed by atoms with E-state index in [9.17, 15) is 38.0 Å². The number of nitrogens with one attached hydrogen (secondary N) is 1. The van der Waals surface area contributed by atoms with Crippen molar-refractivity contribution in [1.82, 2.24) is 15.2 Å². The lowest BCUT2D eigenvalue weighted by Crippen LogP contribution is -2.66. The number of nitriles is 1. The van der Waals surface area contributed by atoms with Crippen LogP contribution in [0.4, 0.5) is 24.7 Å². The fourth-order valence-corrected chi connectivity index (χ4v) is 5.71. The second-order valence-electron chi connectivity index (χ2n) is 10.8. The Balaban J connectivity index is 1.66. The van der Waals surface area contributed by atoms with Crippen molar-refractivity contribution < 1.29 is 32.7 Å². The maximum Gasteiger partial charge on any atom is 0.329 e. The number of rotatable bonds is 8. The summed E-state index contributed by atoms with van der Waals surface area (Å²) in [5, 5.41) is 24.2. The van der Waals surface area contributed by atoms with E-state index in [1.165, 1.54) is 59.3 Å². The smallest absolute Gasteiger partial charge is 0.329 e. The molecule has 1 aliphatic carbocycles. The number of carbonyl (C=O) groups excluding carboxylic acids is 2. The summed E-state index contributed by atoms with van der Waals surface area (Å²) in [5.74, 6) is -5.02. The number of piperazine rings is 1. The Morgan fingerprint density at radius 2 is 1.91 bits per heavy atom. The van der Waals surface area contributed by atoms with E-state index in [4.69, 9.17) is 11.6 Å². The number of amides is 2. The van der Waals surface area contributed by atoms with Crippen molar-refractivity contribution in [1.29, 1.82) is 5.26 Å². The lowest BCUT2D eigenvalue weighted by atomic mass is 9.88. The number of aliphatic hydroxyl groups excluding tert-OH is 1. The van der Waals surface area contributed by atoms with Crippen LogP contribution in [0.5, 0.6) is 0 Å². The Morgan fingerprint density at radius 3 is 2.56 bits per heavy atom. The Kier molecular flexibility index (Phi) is 8.94. The quantitative estimate of drug-likeness (QED) is 0.279. The molecule has 2 aliphatic rings. The zero-order chi connectivity index (χ0) is 32.5. The topological polar surface area (TPSA) is 133 Å². The van der Waals surface area contributed by atoms with E-state index >= 15 is 0 Å². The second-order valence-corrected chi connectivity index (χ2v) is 11.2. The first-order chi connectivity index (χ1) is 21.4. The molecule has 5 rings (SSSR count). The molecule has 2 heterocycles. The van der Waals surface area contributed by atoms with Gasteiger partial charge in [0.05, 0.1) is 23.1 Å². The number of hydrazine groups is 1. The summed E-state index contributed by atoms with van der Waals surface area (Å²) in [5.41, 5.74) is 0.158. The van der Waals surface area contributed by atoms with Crippen LogP contribution in [0.25, 0.3) is 0 Å². The lowest BCUT2D eigenvalue weighted by molar-refractivity contribution is -0.604. The van der Waals surface area contributed by atoms with Crippen LogP contribution < -0.4 is 15.2 Å². The molecule has 3 unspecified atom stereocenters. The van der Waals surface area contributed by atoms with Crippen molar-refractivity contribution in [3.8, 4) is 6.07 Å². The van der Waals surface area contributed by atoms with E-state index in [-0.39, 0.29) is 40.7 Å². The monoisotopic (exact) mass is 642 g/mol. The molecule has 2 amide bonds. The number of nitroso groups, excluding NO2 is 1. The number of hydrogen-bond donors (Lipinski definition) is 2. The van der Waals surface area contributed by atoms with Crippen LogP contribution in [0.2, 0.25) is 5.02 Å². The summed E-state index contributed by atoms with van der Waals surface area (Å²) in [6.45, 7) is 0.718. The maximum absolute atomic E-state index is 14.8. The number of hydrogen-bond acceptors (Lipinski definition) is 7. The minimum absolute atomic E-state index is 0.0187. The van der Waals surface area contributed by atoms with E-state index in [1.54, 1.807) is 12.1 Å². The molecular formula is C30H28ClF3N7O4+. The van der Waals surface area contributed by atoms with Crippen molar-refractivity contribution in [2.45, 2.75) is 50.2 Å². The van der Waals surface area contributed by atoms with Gasteiger partial charge in [0, 0.05) is 48.7 Å². The Labute approximate surface area is 261 Å². The molecule has 1 saturated heterocycles. The fourth-order valence-electron chi connectivity index (χ4n) is 5.47. The molecule has 0 spiro atoms. The predicted octanol–water partition coefficient (Wildman–Crippen LogP) is 3.91. The van der Waals surface area contributed by atoms with Crippen LogP contribution in [-0.4, -0.2) is 69.1 Å². The molecule has 0 bridgehead atoms. The normalized spacial score (nSPS) is 20.0. The molecule has 11 nitrogen and oxygen atoms in total. The highest BCUT2D eigenvalue weighted by molar-refractivity contribution is 6.31. The molecule has 0 radical (unpaired) electrons. The van der Waals surface area contributed by atoms with Crippen molar-refractivity contribution in [2.24, 2.45) is 0 Å². The molecule has 3 aromatic rings. The van der Waals surface area contributed by atoms with Gasteiger partial charge in [-0.15, -0.1) is 0 Å². The zero-order valence-corrected chi connectivity index (χ0v) is 24.6. The van der Waals surface area contributed by atoms with Gasteiger partial charge in [-0.3, -0.25) is 14.5 Å². The number of aliphatic hydroxyl groups is 1. The number of nitrogens with zero attached hydrogens (tertiary/aromatic N) is 6. The fraction of sp³-hybridized carbons (Fsp3) is 0.333. The van der Waals surface area contributed by atoms with Crippen molar-refractivity contribution in [3.05, 3.63) is 93.7 Å². The molecule has 3 atom stereocenters. The summed E-state index contributed by atoms with van der Waals surface area (Å²) in [6.07, 6.45) is -2.89. The number of halogens is 4. The molecule has 2 fully saturated rings. The van der Waals surface area contributed by atoms with Gasteiger partial charge in [-0.2, -0.15) is 5.26 Å². The number of aromatic nitrogens is 1. The van der Waals surface area contributed by atoms with Gasteiger partial charge in [-0.05, 0) is 30.3 Å². The maximum atomic E-state index is 14.8. The van der Waals surface area contributed by atoms with Crippen molar-refractivity contribution >= 4 is 34.9 Å². The van der Waals surface area contributed by atoms with E-state index in [2.05, 4.69) is 10.3 Å². The minimum Gasteiger partial charge on any atom is -0.371 e. The third kappa shape index (κ3) is 6.69. The van der Waals surface area contributed by atoms with Crippen molar-refractivity contribution in [2.75, 3.05) is 23.0 Å². The SMILES string of the molecule is CC(=O)N1CC(O)N(c2cc(C#N)ccn2)C([N+](=O)N(c2cccc(F)c2)C(C(=O)NC2CC(F)(F)C2)c2ccccc2Cl)C1. The van der Waals surface area contributed by atoms with E-state index in [1.807, 2.05) is 6.07 Å². The number of alkyl halides is 2. The highest BCUT2D eigenvalue weighted by Gasteiger charge is 2.52. The number of β-amino-alcohol motifs (C(OH)–C–C–N with tert-alkyl or cyclic N) is 1. The van der Waals surface area contributed by atoms with Gasteiger partial charge in [0.2, 0.25) is 5.91 Å². The van der Waals surface area contributed by atoms with Crippen LogP contribution in [0.15, 0.2) is 66.9 Å². The second kappa shape index (κ2) is 12.7. The number of anilines is 2. The first kappa shape index (κ1) is 31.7. The summed E-state index contributed by atoms with van der Waals surface area (Å²) < 4.78 is 42.1. The average molecular weight is 643 g/mol. The van der Waals surface area contributed by atoms with Gasteiger partial charge in [0.1, 0.15) is 23.9 Å². The van der Waals surface area contributed by atoms with E-state index < -0.39 is 60.9 Å². The summed E-state index contributed by atoms with van der Waals surface area (Å²) in [7, 11) is 0. The molecule has 15 heteroatoms. The Morgan fingerprint density at radius 1 is 1.18 bits per heavy atom. The highest BCUT2D eigenvalue weighted by atomic mass is 35.5. The third-order valence-electron chi connectivity index (χ3n) is 7.66. The molecule has 1 aromatic heterocycles. The van der Waals surface area contributed by atoms with E-state index in [0.29, 0.717) is 4.87 Å². The van der Waals surface area contributed by atoms with Gasteiger partial charge in [-0.25, -0.2) is 18.2 Å². The standard InChI is InChI=1S/C30H27ClF3N7O4/c1-18(42)38-16-26(39(27(43)17-38)25-11-19(15-35)9-10-36-25)41(45)40(22-6-4-5-20(32)12-22)28(23-7-2-3-8-24(23)31)29(44)37-21-13-30(33,34)14-21/h2-12,21,26-28,43H,13-14,16-17H2,1H3/p+1. The molecule has 2 N–H and O–H groups in total.